The van der Waals surface area contributed by atoms with E-state index in [4.69, 9.17) is 0 Å². The zero-order valence-electron chi connectivity index (χ0n) is 15.0. The second-order valence-electron chi connectivity index (χ2n) is 6.60. The highest BCUT2D eigenvalue weighted by atomic mass is 19.3. The molecule has 0 unspecified atom stereocenters. The molecule has 148 valence electrons. The summed E-state index contributed by atoms with van der Waals surface area (Å²) in [4.78, 5) is 28.3. The van der Waals surface area contributed by atoms with E-state index < -0.39 is 18.8 Å². The number of nitrogens with one attached hydrogen (secondary N) is 1. The number of Topliss-reactive ketones (excluding diaryl/α,β-unsaturated/α-hetero) is 1. The van der Waals surface area contributed by atoms with Gasteiger partial charge in [0.25, 0.3) is 12.3 Å². The third-order valence-corrected chi connectivity index (χ3v) is 4.28. The van der Waals surface area contributed by atoms with Gasteiger partial charge in [-0.3, -0.25) is 14.6 Å². The molecule has 1 N–H and O–H groups in total. The smallest absolute Gasteiger partial charge is 0.272 e. The quantitative estimate of drug-likeness (QED) is 0.711. The van der Waals surface area contributed by atoms with E-state index in [1.165, 1.54) is 24.4 Å². The van der Waals surface area contributed by atoms with Gasteiger partial charge in [0.15, 0.2) is 11.6 Å². The molecule has 1 heterocycles. The Balaban J connectivity index is 1.56. The van der Waals surface area contributed by atoms with Crippen LogP contribution in [-0.2, 0) is 17.8 Å². The molecular weight excluding hydrogens is 373 g/mol. The molecule has 5 nitrogen and oxygen atoms in total. The second-order valence-corrected chi connectivity index (χ2v) is 6.60. The molecule has 0 radical (unpaired) electrons. The Bertz CT molecular complexity index is 870. The van der Waals surface area contributed by atoms with Crippen LogP contribution in [0.4, 0.5) is 13.2 Å². The molecule has 0 saturated heterocycles. The zero-order chi connectivity index (χ0) is 20.1. The van der Waals surface area contributed by atoms with E-state index in [0.29, 0.717) is 16.8 Å². The van der Waals surface area contributed by atoms with Gasteiger partial charge in [-0.05, 0) is 42.7 Å². The first kappa shape index (κ1) is 19.9. The van der Waals surface area contributed by atoms with Crippen LogP contribution in [0.15, 0.2) is 36.5 Å². The minimum Gasteiger partial charge on any atom is -0.485 e. The van der Waals surface area contributed by atoms with Crippen LogP contribution in [0.1, 0.15) is 34.5 Å². The monoisotopic (exact) mass is 392 g/mol. The van der Waals surface area contributed by atoms with Crippen molar-refractivity contribution in [3.8, 4) is 5.75 Å². The largest absolute Gasteiger partial charge is 0.485 e. The average Bonchev–Trinajstić information content (AvgIpc) is 3.50. The number of ether oxygens (including phenoxy) is 1. The van der Waals surface area contributed by atoms with E-state index in [1.807, 2.05) is 0 Å². The summed E-state index contributed by atoms with van der Waals surface area (Å²) in [7, 11) is 0. The van der Waals surface area contributed by atoms with Gasteiger partial charge >= 0.3 is 0 Å². The first-order valence-electron chi connectivity index (χ1n) is 8.87. The van der Waals surface area contributed by atoms with Crippen molar-refractivity contribution in [2.75, 3.05) is 6.61 Å². The zero-order valence-corrected chi connectivity index (χ0v) is 15.0. The molecule has 0 spiro atoms. The highest BCUT2D eigenvalue weighted by molar-refractivity contribution is 5.94. The molecule has 1 aromatic carbocycles. The van der Waals surface area contributed by atoms with E-state index in [1.54, 1.807) is 6.07 Å². The second kappa shape index (κ2) is 8.86. The summed E-state index contributed by atoms with van der Waals surface area (Å²) in [5.74, 6) is -1.18. The molecule has 28 heavy (non-hydrogen) atoms. The van der Waals surface area contributed by atoms with Crippen molar-refractivity contribution in [2.24, 2.45) is 5.92 Å². The van der Waals surface area contributed by atoms with E-state index in [-0.39, 0.29) is 36.3 Å². The van der Waals surface area contributed by atoms with Gasteiger partial charge in [0.2, 0.25) is 0 Å². The summed E-state index contributed by atoms with van der Waals surface area (Å²) >= 11 is 0. The van der Waals surface area contributed by atoms with Crippen molar-refractivity contribution in [2.45, 2.75) is 32.2 Å². The van der Waals surface area contributed by atoms with Crippen molar-refractivity contribution in [1.82, 2.24) is 10.3 Å². The highest BCUT2D eigenvalue weighted by Gasteiger charge is 2.29. The lowest BCUT2D eigenvalue weighted by atomic mass is 10.1. The Morgan fingerprint density at radius 3 is 2.68 bits per heavy atom. The van der Waals surface area contributed by atoms with Crippen LogP contribution < -0.4 is 10.1 Å². The lowest BCUT2D eigenvalue weighted by molar-refractivity contribution is -0.119. The molecule has 1 fully saturated rings. The van der Waals surface area contributed by atoms with Crippen LogP contribution in [-0.4, -0.2) is 29.7 Å². The lowest BCUT2D eigenvalue weighted by Gasteiger charge is -2.09. The summed E-state index contributed by atoms with van der Waals surface area (Å²) in [6.07, 6.45) is 0.822. The summed E-state index contributed by atoms with van der Waals surface area (Å²) < 4.78 is 42.8. The van der Waals surface area contributed by atoms with Crippen molar-refractivity contribution in [3.05, 3.63) is 59.2 Å². The van der Waals surface area contributed by atoms with Crippen molar-refractivity contribution in [1.29, 1.82) is 0 Å². The van der Waals surface area contributed by atoms with E-state index >= 15 is 0 Å². The number of ketones is 1. The third kappa shape index (κ3) is 5.55. The normalized spacial score (nSPS) is 13.4. The molecule has 1 aliphatic rings. The van der Waals surface area contributed by atoms with E-state index in [0.717, 1.165) is 18.9 Å². The molecule has 8 heteroatoms. The van der Waals surface area contributed by atoms with Gasteiger partial charge in [-0.25, -0.2) is 13.2 Å². The first-order chi connectivity index (χ1) is 13.4. The summed E-state index contributed by atoms with van der Waals surface area (Å²) in [6.45, 7) is -0.843. The topological polar surface area (TPSA) is 68.3 Å². The fraction of sp³-hybridized carbons (Fsp3) is 0.350. The minimum absolute atomic E-state index is 0.0452. The van der Waals surface area contributed by atoms with E-state index in [9.17, 15) is 22.8 Å². The number of pyridine rings is 1. The maximum atomic E-state index is 13.9. The number of hydrogen-bond acceptors (Lipinski definition) is 4. The van der Waals surface area contributed by atoms with E-state index in [2.05, 4.69) is 15.0 Å². The molecule has 1 amide bonds. The molecule has 1 aromatic heterocycles. The Kier molecular flexibility index (Phi) is 6.28. The first-order valence-corrected chi connectivity index (χ1v) is 8.87. The Hall–Kier alpha value is -2.90. The summed E-state index contributed by atoms with van der Waals surface area (Å²) in [5, 5.41) is 2.65. The third-order valence-electron chi connectivity index (χ3n) is 4.28. The Labute approximate surface area is 159 Å². The van der Waals surface area contributed by atoms with Crippen molar-refractivity contribution in [3.63, 3.8) is 0 Å². The SMILES string of the molecule is O=C(NCc1ccc(OCC(F)F)c(F)c1)c1ccnc(CC(=O)C2CC2)c1. The number of halogens is 3. The number of nitrogens with zero attached hydrogens (tertiary/aromatic N) is 1. The molecule has 0 aliphatic heterocycles. The number of carbonyl (C=O) groups is 2. The fourth-order valence-electron chi connectivity index (χ4n) is 2.65. The molecule has 0 atom stereocenters. The molecule has 3 rings (SSSR count). The molecule has 0 bridgehead atoms. The van der Waals surface area contributed by atoms with Gasteiger partial charge in [0, 0.05) is 36.3 Å². The van der Waals surface area contributed by atoms with Crippen LogP contribution in [0.25, 0.3) is 0 Å². The summed E-state index contributed by atoms with van der Waals surface area (Å²) in [6, 6.07) is 6.94. The number of alkyl halides is 2. The van der Waals surface area contributed by atoms with Crippen molar-refractivity contribution < 1.29 is 27.5 Å². The van der Waals surface area contributed by atoms with Gasteiger partial charge in [0.05, 0.1) is 0 Å². The van der Waals surface area contributed by atoms with Crippen molar-refractivity contribution >= 4 is 11.7 Å². The van der Waals surface area contributed by atoms with Gasteiger partial charge in [-0.1, -0.05) is 6.07 Å². The highest BCUT2D eigenvalue weighted by Crippen LogP contribution is 2.30. The molecule has 2 aromatic rings. The number of rotatable bonds is 9. The van der Waals surface area contributed by atoms with Gasteiger partial charge in [-0.2, -0.15) is 0 Å². The number of carbonyl (C=O) groups excluding carboxylic acids is 2. The number of benzene rings is 1. The predicted octanol–water partition coefficient (Wildman–Crippen LogP) is 3.32. The number of aromatic nitrogens is 1. The van der Waals surface area contributed by atoms with Gasteiger partial charge < -0.3 is 10.1 Å². The Morgan fingerprint density at radius 1 is 1.21 bits per heavy atom. The molecular formula is C20H19F3N2O3. The summed E-state index contributed by atoms with van der Waals surface area (Å²) in [5.41, 5.74) is 1.34. The fourth-order valence-corrected chi connectivity index (χ4v) is 2.65. The van der Waals surface area contributed by atoms with Crippen LogP contribution in [0.3, 0.4) is 0 Å². The van der Waals surface area contributed by atoms with Crippen LogP contribution >= 0.6 is 0 Å². The van der Waals surface area contributed by atoms with Gasteiger partial charge in [0.1, 0.15) is 12.4 Å². The molecule has 1 saturated carbocycles. The number of hydrogen-bond donors (Lipinski definition) is 1. The maximum Gasteiger partial charge on any atom is 0.272 e. The van der Waals surface area contributed by atoms with Crippen LogP contribution in [0.2, 0.25) is 0 Å². The lowest BCUT2D eigenvalue weighted by Crippen LogP contribution is -2.23. The van der Waals surface area contributed by atoms with Gasteiger partial charge in [-0.15, -0.1) is 0 Å². The maximum absolute atomic E-state index is 13.9. The standard InChI is InChI=1S/C20H19F3N2O3/c21-16-7-12(1-4-18(16)28-11-19(22)23)10-25-20(27)14-5-6-24-15(8-14)9-17(26)13-2-3-13/h1,4-8,13,19H,2-3,9-11H2,(H,25,27). The average molecular weight is 392 g/mol. The van der Waals surface area contributed by atoms with Crippen LogP contribution in [0.5, 0.6) is 5.75 Å². The molecule has 1 aliphatic carbocycles. The van der Waals surface area contributed by atoms with Crippen LogP contribution in [0, 0.1) is 11.7 Å². The minimum atomic E-state index is -2.69. The Morgan fingerprint density at radius 2 is 2.00 bits per heavy atom. The predicted molar refractivity (Wildman–Crippen MR) is 94.7 cm³/mol. The number of amides is 1.